The van der Waals surface area contributed by atoms with Crippen LogP contribution in [-0.4, -0.2) is 37.3 Å². The number of sulfonamides is 1. The average Bonchev–Trinajstić information content (AvgIpc) is 2.40. The molecule has 1 aromatic rings. The largest absolute Gasteiger partial charge is 0.369 e. The third kappa shape index (κ3) is 3.93. The fourth-order valence-corrected chi connectivity index (χ4v) is 3.93. The topological polar surface area (TPSA) is 62.3 Å². The molecule has 1 aromatic heterocycles. The van der Waals surface area contributed by atoms with E-state index in [1.54, 1.807) is 19.3 Å². The number of nitrogens with zero attached hydrogens (tertiary/aromatic N) is 2. The lowest BCUT2D eigenvalue weighted by Gasteiger charge is -2.25. The monoisotopic (exact) mass is 363 g/mol. The summed E-state index contributed by atoms with van der Waals surface area (Å²) in [6, 6.07) is 1.55. The predicted molar refractivity (Wildman–Crippen MR) is 85.4 cm³/mol. The van der Waals surface area contributed by atoms with E-state index in [0.717, 1.165) is 12.8 Å². The molecule has 0 fully saturated rings. The van der Waals surface area contributed by atoms with E-state index in [1.807, 2.05) is 20.8 Å². The number of hydrogen-bond donors (Lipinski definition) is 1. The summed E-state index contributed by atoms with van der Waals surface area (Å²) in [7, 11) is -1.94. The lowest BCUT2D eigenvalue weighted by Crippen LogP contribution is -2.35. The van der Waals surface area contributed by atoms with E-state index in [0.29, 0.717) is 16.8 Å². The molecule has 0 aliphatic heterocycles. The third-order valence-electron chi connectivity index (χ3n) is 3.15. The van der Waals surface area contributed by atoms with Gasteiger partial charge in [-0.3, -0.25) is 0 Å². The number of nitrogens with one attached hydrogen (secondary N) is 1. The van der Waals surface area contributed by atoms with Gasteiger partial charge in [0.15, 0.2) is 0 Å². The van der Waals surface area contributed by atoms with Crippen molar-refractivity contribution in [2.45, 2.75) is 44.6 Å². The zero-order chi connectivity index (χ0) is 15.3. The first-order valence-electron chi connectivity index (χ1n) is 6.72. The number of rotatable bonds is 7. The summed E-state index contributed by atoms with van der Waals surface area (Å²) < 4.78 is 27.5. The zero-order valence-electron chi connectivity index (χ0n) is 12.4. The molecule has 7 heteroatoms. The molecule has 20 heavy (non-hydrogen) atoms. The van der Waals surface area contributed by atoms with Gasteiger partial charge in [-0.15, -0.1) is 0 Å². The van der Waals surface area contributed by atoms with Crippen LogP contribution in [0.1, 0.15) is 33.6 Å². The van der Waals surface area contributed by atoms with Gasteiger partial charge in [-0.25, -0.2) is 13.4 Å². The van der Waals surface area contributed by atoms with Crippen LogP contribution in [-0.2, 0) is 10.0 Å². The molecule has 1 atom stereocenters. The second-order valence-electron chi connectivity index (χ2n) is 4.69. The third-order valence-corrected chi connectivity index (χ3v) is 5.57. The van der Waals surface area contributed by atoms with Crippen molar-refractivity contribution in [3.63, 3.8) is 0 Å². The van der Waals surface area contributed by atoms with Crippen LogP contribution in [0.5, 0.6) is 0 Å². The SMILES string of the molecule is CCCC(C)N(C)S(=O)(=O)c1cc(Br)cnc1NCC. The molecule has 0 aliphatic rings. The molecular weight excluding hydrogens is 342 g/mol. The maximum absolute atomic E-state index is 12.7. The maximum atomic E-state index is 12.7. The minimum Gasteiger partial charge on any atom is -0.369 e. The van der Waals surface area contributed by atoms with E-state index in [4.69, 9.17) is 0 Å². The molecule has 1 heterocycles. The second kappa shape index (κ2) is 7.38. The molecule has 0 amide bonds. The molecule has 0 aliphatic carbocycles. The maximum Gasteiger partial charge on any atom is 0.246 e. The summed E-state index contributed by atoms with van der Waals surface area (Å²) in [5, 5.41) is 3.00. The van der Waals surface area contributed by atoms with Gasteiger partial charge in [0.05, 0.1) is 0 Å². The first-order valence-corrected chi connectivity index (χ1v) is 8.95. The second-order valence-corrected chi connectivity index (χ2v) is 7.57. The number of anilines is 1. The lowest BCUT2D eigenvalue weighted by molar-refractivity contribution is 0.369. The van der Waals surface area contributed by atoms with Crippen LogP contribution in [0.15, 0.2) is 21.6 Å². The summed E-state index contributed by atoms with van der Waals surface area (Å²) in [4.78, 5) is 4.37. The van der Waals surface area contributed by atoms with Crippen molar-refractivity contribution in [3.8, 4) is 0 Å². The van der Waals surface area contributed by atoms with Crippen molar-refractivity contribution >= 4 is 31.8 Å². The molecular formula is C13H22BrN3O2S. The van der Waals surface area contributed by atoms with E-state index < -0.39 is 10.0 Å². The fourth-order valence-electron chi connectivity index (χ4n) is 1.91. The first kappa shape index (κ1) is 17.4. The van der Waals surface area contributed by atoms with Crippen molar-refractivity contribution in [2.24, 2.45) is 0 Å². The molecule has 5 nitrogen and oxygen atoms in total. The van der Waals surface area contributed by atoms with Gasteiger partial charge in [-0.2, -0.15) is 4.31 Å². The molecule has 1 unspecified atom stereocenters. The van der Waals surface area contributed by atoms with Crippen molar-refractivity contribution in [1.29, 1.82) is 0 Å². The Morgan fingerprint density at radius 2 is 2.10 bits per heavy atom. The Kier molecular flexibility index (Phi) is 6.42. The molecule has 0 aromatic carbocycles. The van der Waals surface area contributed by atoms with Crippen molar-refractivity contribution in [2.75, 3.05) is 18.9 Å². The highest BCUT2D eigenvalue weighted by molar-refractivity contribution is 9.10. The van der Waals surface area contributed by atoms with Crippen LogP contribution in [0.2, 0.25) is 0 Å². The summed E-state index contributed by atoms with van der Waals surface area (Å²) >= 11 is 3.28. The van der Waals surface area contributed by atoms with Gasteiger partial charge >= 0.3 is 0 Å². The predicted octanol–water partition coefficient (Wildman–Crippen LogP) is 3.09. The highest BCUT2D eigenvalue weighted by Gasteiger charge is 2.28. The van der Waals surface area contributed by atoms with Gasteiger partial charge < -0.3 is 5.32 Å². The minimum atomic E-state index is -3.56. The van der Waals surface area contributed by atoms with Crippen LogP contribution < -0.4 is 5.32 Å². The van der Waals surface area contributed by atoms with E-state index in [-0.39, 0.29) is 10.9 Å². The van der Waals surface area contributed by atoms with Crippen molar-refractivity contribution in [1.82, 2.24) is 9.29 Å². The molecule has 1 rings (SSSR count). The Balaban J connectivity index is 3.23. The summed E-state index contributed by atoms with van der Waals surface area (Å²) in [6.07, 6.45) is 3.36. The summed E-state index contributed by atoms with van der Waals surface area (Å²) in [5.74, 6) is 0.395. The Morgan fingerprint density at radius 3 is 2.65 bits per heavy atom. The normalized spacial score (nSPS) is 13.5. The Labute approximate surface area is 130 Å². The zero-order valence-corrected chi connectivity index (χ0v) is 14.8. The average molecular weight is 364 g/mol. The van der Waals surface area contributed by atoms with Crippen LogP contribution >= 0.6 is 15.9 Å². The number of halogens is 1. The van der Waals surface area contributed by atoms with Crippen molar-refractivity contribution < 1.29 is 8.42 Å². The fraction of sp³-hybridized carbons (Fsp3) is 0.615. The standard InChI is InChI=1S/C13H22BrN3O2S/c1-5-7-10(3)17(4)20(18,19)12-8-11(14)9-16-13(12)15-6-2/h8-10H,5-7H2,1-4H3,(H,15,16). The smallest absolute Gasteiger partial charge is 0.246 e. The first-order chi connectivity index (χ1) is 9.34. The van der Waals surface area contributed by atoms with Gasteiger partial charge in [0.25, 0.3) is 0 Å². The number of pyridine rings is 1. The van der Waals surface area contributed by atoms with Crippen LogP contribution in [0.25, 0.3) is 0 Å². The van der Waals surface area contributed by atoms with Gasteiger partial charge in [0.1, 0.15) is 10.7 Å². The molecule has 0 bridgehead atoms. The molecule has 114 valence electrons. The van der Waals surface area contributed by atoms with Gasteiger partial charge in [0.2, 0.25) is 10.0 Å². The van der Waals surface area contributed by atoms with Gasteiger partial charge in [0, 0.05) is 30.3 Å². The molecule has 0 saturated heterocycles. The van der Waals surface area contributed by atoms with E-state index in [2.05, 4.69) is 26.2 Å². The quantitative estimate of drug-likeness (QED) is 0.808. The molecule has 1 N–H and O–H groups in total. The summed E-state index contributed by atoms with van der Waals surface area (Å²) in [6.45, 7) is 6.48. The summed E-state index contributed by atoms with van der Waals surface area (Å²) in [5.41, 5.74) is 0. The van der Waals surface area contributed by atoms with Crippen LogP contribution in [0.3, 0.4) is 0 Å². The Bertz CT molecular complexity index is 549. The van der Waals surface area contributed by atoms with E-state index >= 15 is 0 Å². The Morgan fingerprint density at radius 1 is 1.45 bits per heavy atom. The highest BCUT2D eigenvalue weighted by atomic mass is 79.9. The number of aromatic nitrogens is 1. The van der Waals surface area contributed by atoms with Gasteiger partial charge in [-0.05, 0) is 42.3 Å². The van der Waals surface area contributed by atoms with Crippen molar-refractivity contribution in [3.05, 3.63) is 16.7 Å². The number of hydrogen-bond acceptors (Lipinski definition) is 4. The minimum absolute atomic E-state index is 0.0431. The Hall–Kier alpha value is -0.660. The van der Waals surface area contributed by atoms with Crippen LogP contribution in [0.4, 0.5) is 5.82 Å². The molecule has 0 saturated carbocycles. The molecule has 0 spiro atoms. The highest BCUT2D eigenvalue weighted by Crippen LogP contribution is 2.27. The van der Waals surface area contributed by atoms with Gasteiger partial charge in [-0.1, -0.05) is 13.3 Å². The lowest BCUT2D eigenvalue weighted by atomic mass is 10.2. The van der Waals surface area contributed by atoms with E-state index in [9.17, 15) is 8.42 Å². The van der Waals surface area contributed by atoms with Crippen LogP contribution in [0, 0.1) is 0 Å². The molecule has 0 radical (unpaired) electrons. The van der Waals surface area contributed by atoms with E-state index in [1.165, 1.54) is 4.31 Å².